The van der Waals surface area contributed by atoms with Gasteiger partial charge in [-0.05, 0) is 24.6 Å². The van der Waals surface area contributed by atoms with Gasteiger partial charge in [0.2, 0.25) is 0 Å². The molecule has 1 aliphatic heterocycles. The number of carboxylic acids is 1. The highest BCUT2D eigenvalue weighted by Crippen LogP contribution is 2.46. The Balaban J connectivity index is 1.89. The quantitative estimate of drug-likeness (QED) is 0.906. The van der Waals surface area contributed by atoms with Crippen molar-refractivity contribution in [2.75, 3.05) is 13.1 Å². The standard InChI is InChI=1S/C15H12F3N3O3/c16-15(17,18)14(13(23)24)3-6-21(8-14)12(22)9-1-2-10-11(7-9)20-5-4-19-10/h1-2,4-5,7H,3,6,8H2,(H,23,24). The first kappa shape index (κ1) is 16.2. The second-order valence-corrected chi connectivity index (χ2v) is 5.62. The molecule has 24 heavy (non-hydrogen) atoms. The Hall–Kier alpha value is -2.71. The number of aliphatic carboxylic acids is 1. The van der Waals surface area contributed by atoms with Crippen molar-refractivity contribution in [2.45, 2.75) is 12.6 Å². The van der Waals surface area contributed by atoms with E-state index in [-0.39, 0.29) is 12.1 Å². The van der Waals surface area contributed by atoms with E-state index in [0.717, 1.165) is 4.90 Å². The van der Waals surface area contributed by atoms with Gasteiger partial charge in [-0.2, -0.15) is 13.2 Å². The first-order chi connectivity index (χ1) is 11.2. The van der Waals surface area contributed by atoms with E-state index < -0.39 is 36.4 Å². The average Bonchev–Trinajstić information content (AvgIpc) is 3.00. The minimum atomic E-state index is -4.93. The van der Waals surface area contributed by atoms with Crippen LogP contribution >= 0.6 is 0 Å². The molecule has 1 saturated heterocycles. The number of benzene rings is 1. The normalized spacial score (nSPS) is 21.2. The Bertz CT molecular complexity index is 824. The predicted molar refractivity (Wildman–Crippen MR) is 76.2 cm³/mol. The second-order valence-electron chi connectivity index (χ2n) is 5.62. The summed E-state index contributed by atoms with van der Waals surface area (Å²) >= 11 is 0. The van der Waals surface area contributed by atoms with Crippen LogP contribution < -0.4 is 0 Å². The van der Waals surface area contributed by atoms with E-state index >= 15 is 0 Å². The fourth-order valence-corrected chi connectivity index (χ4v) is 2.79. The Labute approximate surface area is 133 Å². The third-order valence-electron chi connectivity index (χ3n) is 4.22. The maximum atomic E-state index is 13.2. The summed E-state index contributed by atoms with van der Waals surface area (Å²) in [5.74, 6) is -2.62. The van der Waals surface area contributed by atoms with Crippen molar-refractivity contribution in [2.24, 2.45) is 5.41 Å². The van der Waals surface area contributed by atoms with Gasteiger partial charge >= 0.3 is 12.1 Å². The summed E-state index contributed by atoms with van der Waals surface area (Å²) in [5.41, 5.74) is -1.79. The van der Waals surface area contributed by atoms with Gasteiger partial charge in [0.05, 0.1) is 11.0 Å². The number of fused-ring (bicyclic) bond motifs is 1. The van der Waals surface area contributed by atoms with Crippen molar-refractivity contribution in [3.63, 3.8) is 0 Å². The molecule has 0 aliphatic carbocycles. The number of aromatic nitrogens is 2. The first-order valence-corrected chi connectivity index (χ1v) is 7.05. The zero-order valence-electron chi connectivity index (χ0n) is 12.2. The molecule has 126 valence electrons. The molecule has 3 rings (SSSR count). The number of hydrogen-bond acceptors (Lipinski definition) is 4. The van der Waals surface area contributed by atoms with Crippen LogP contribution in [0.2, 0.25) is 0 Å². The zero-order valence-corrected chi connectivity index (χ0v) is 12.2. The fraction of sp³-hybridized carbons (Fsp3) is 0.333. The van der Waals surface area contributed by atoms with E-state index in [1.165, 1.54) is 24.5 Å². The van der Waals surface area contributed by atoms with Crippen molar-refractivity contribution in [3.8, 4) is 0 Å². The van der Waals surface area contributed by atoms with E-state index in [0.29, 0.717) is 11.0 Å². The minimum absolute atomic E-state index is 0.145. The molecule has 1 aliphatic rings. The molecular weight excluding hydrogens is 327 g/mol. The van der Waals surface area contributed by atoms with Crippen molar-refractivity contribution >= 4 is 22.9 Å². The molecule has 1 fully saturated rings. The SMILES string of the molecule is O=C(c1ccc2nccnc2c1)N1CCC(C(=O)O)(C(F)(F)F)C1. The molecule has 9 heteroatoms. The number of amides is 1. The van der Waals surface area contributed by atoms with Gasteiger partial charge in [0.15, 0.2) is 5.41 Å². The molecule has 1 aromatic carbocycles. The summed E-state index contributed by atoms with van der Waals surface area (Å²) < 4.78 is 39.5. The molecule has 0 radical (unpaired) electrons. The summed E-state index contributed by atoms with van der Waals surface area (Å²) in [6.07, 6.45) is -2.67. The second kappa shape index (κ2) is 5.43. The highest BCUT2D eigenvalue weighted by atomic mass is 19.4. The first-order valence-electron chi connectivity index (χ1n) is 7.05. The summed E-state index contributed by atoms with van der Waals surface area (Å²) in [5, 5.41) is 9.03. The van der Waals surface area contributed by atoms with Crippen LogP contribution in [0.3, 0.4) is 0 Å². The summed E-state index contributed by atoms with van der Waals surface area (Å²) in [4.78, 5) is 32.6. The number of carbonyl (C=O) groups excluding carboxylic acids is 1. The van der Waals surface area contributed by atoms with Crippen LogP contribution in [0.1, 0.15) is 16.8 Å². The smallest absolute Gasteiger partial charge is 0.406 e. The largest absolute Gasteiger partial charge is 0.481 e. The molecule has 1 N–H and O–H groups in total. The van der Waals surface area contributed by atoms with E-state index in [1.54, 1.807) is 6.07 Å². The number of hydrogen-bond donors (Lipinski definition) is 1. The summed E-state index contributed by atoms with van der Waals surface area (Å²) in [7, 11) is 0. The monoisotopic (exact) mass is 339 g/mol. The van der Waals surface area contributed by atoms with Crippen molar-refractivity contribution < 1.29 is 27.9 Å². The molecule has 0 bridgehead atoms. The Morgan fingerprint density at radius 3 is 2.42 bits per heavy atom. The molecule has 2 heterocycles. The fourth-order valence-electron chi connectivity index (χ4n) is 2.79. The van der Waals surface area contributed by atoms with Crippen LogP contribution in [0.25, 0.3) is 11.0 Å². The van der Waals surface area contributed by atoms with Gasteiger partial charge in [0, 0.05) is 31.0 Å². The van der Waals surface area contributed by atoms with E-state index in [9.17, 15) is 22.8 Å². The van der Waals surface area contributed by atoms with E-state index in [4.69, 9.17) is 5.11 Å². The van der Waals surface area contributed by atoms with Gasteiger partial charge in [-0.1, -0.05) is 0 Å². The number of nitrogens with zero attached hydrogens (tertiary/aromatic N) is 3. The van der Waals surface area contributed by atoms with Crippen LogP contribution in [0.5, 0.6) is 0 Å². The third-order valence-corrected chi connectivity index (χ3v) is 4.22. The zero-order chi connectivity index (χ0) is 17.5. The molecule has 1 aromatic heterocycles. The van der Waals surface area contributed by atoms with Crippen molar-refractivity contribution in [1.29, 1.82) is 0 Å². The maximum Gasteiger partial charge on any atom is 0.406 e. The molecule has 6 nitrogen and oxygen atoms in total. The highest BCUT2D eigenvalue weighted by Gasteiger charge is 2.64. The molecule has 0 saturated carbocycles. The number of likely N-dealkylation sites (tertiary alicyclic amines) is 1. The summed E-state index contributed by atoms with van der Waals surface area (Å²) in [6, 6.07) is 4.41. The lowest BCUT2D eigenvalue weighted by Crippen LogP contribution is -2.47. The average molecular weight is 339 g/mol. The van der Waals surface area contributed by atoms with Gasteiger partial charge in [0.1, 0.15) is 0 Å². The van der Waals surface area contributed by atoms with E-state index in [1.807, 2.05) is 0 Å². The molecular formula is C15H12F3N3O3. The van der Waals surface area contributed by atoms with Crippen LogP contribution in [0, 0.1) is 5.41 Å². The van der Waals surface area contributed by atoms with Crippen LogP contribution in [-0.4, -0.2) is 51.1 Å². The maximum absolute atomic E-state index is 13.2. The molecule has 1 unspecified atom stereocenters. The molecule has 1 amide bonds. The lowest BCUT2D eigenvalue weighted by molar-refractivity contribution is -0.227. The highest BCUT2D eigenvalue weighted by molar-refractivity contribution is 5.98. The summed E-state index contributed by atoms with van der Waals surface area (Å²) in [6.45, 7) is -1.17. The number of carbonyl (C=O) groups is 2. The molecule has 0 spiro atoms. The number of rotatable bonds is 2. The van der Waals surface area contributed by atoms with Gasteiger partial charge in [0.25, 0.3) is 5.91 Å². The Morgan fingerprint density at radius 2 is 1.83 bits per heavy atom. The minimum Gasteiger partial charge on any atom is -0.481 e. The Morgan fingerprint density at radius 1 is 1.17 bits per heavy atom. The topological polar surface area (TPSA) is 83.4 Å². The number of halogens is 3. The number of alkyl halides is 3. The molecule has 1 atom stereocenters. The van der Waals surface area contributed by atoms with Gasteiger partial charge in [-0.15, -0.1) is 0 Å². The van der Waals surface area contributed by atoms with Crippen LogP contribution in [0.4, 0.5) is 13.2 Å². The van der Waals surface area contributed by atoms with Gasteiger partial charge in [-0.25, -0.2) is 0 Å². The number of carboxylic acid groups (broad SMARTS) is 1. The van der Waals surface area contributed by atoms with Crippen molar-refractivity contribution in [3.05, 3.63) is 36.2 Å². The van der Waals surface area contributed by atoms with Crippen molar-refractivity contribution in [1.82, 2.24) is 14.9 Å². The van der Waals surface area contributed by atoms with E-state index in [2.05, 4.69) is 9.97 Å². The van der Waals surface area contributed by atoms with Crippen LogP contribution in [0.15, 0.2) is 30.6 Å². The van der Waals surface area contributed by atoms with Crippen LogP contribution in [-0.2, 0) is 4.79 Å². The molecule has 2 aromatic rings. The van der Waals surface area contributed by atoms with Gasteiger partial charge in [-0.3, -0.25) is 19.6 Å². The third kappa shape index (κ3) is 2.45. The lowest BCUT2D eigenvalue weighted by Gasteiger charge is -2.27. The lowest BCUT2D eigenvalue weighted by atomic mass is 9.86. The Kier molecular flexibility index (Phi) is 3.66. The predicted octanol–water partition coefficient (Wildman–Crippen LogP) is 2.11. The van der Waals surface area contributed by atoms with Gasteiger partial charge < -0.3 is 10.0 Å².